The van der Waals surface area contributed by atoms with Crippen molar-refractivity contribution >= 4 is 27.3 Å². The Labute approximate surface area is 175 Å². The van der Waals surface area contributed by atoms with E-state index in [0.29, 0.717) is 29.8 Å². The van der Waals surface area contributed by atoms with Gasteiger partial charge in [-0.15, -0.1) is 0 Å². The van der Waals surface area contributed by atoms with Gasteiger partial charge in [-0.1, -0.05) is 48.5 Å². The van der Waals surface area contributed by atoms with Crippen LogP contribution in [0.25, 0.3) is 0 Å². The molecule has 0 saturated heterocycles. The van der Waals surface area contributed by atoms with Crippen LogP contribution in [0.4, 0.5) is 15.8 Å². The fraction of sp³-hybridized carbons (Fsp3) is 0.174. The van der Waals surface area contributed by atoms with Crippen LogP contribution in [0, 0.1) is 5.82 Å². The van der Waals surface area contributed by atoms with E-state index in [1.807, 2.05) is 30.3 Å². The minimum Gasteiger partial charge on any atom is -0.326 e. The van der Waals surface area contributed by atoms with Gasteiger partial charge in [-0.2, -0.15) is 0 Å². The molecule has 0 aliphatic carbocycles. The van der Waals surface area contributed by atoms with Crippen molar-refractivity contribution < 1.29 is 17.6 Å². The van der Waals surface area contributed by atoms with Gasteiger partial charge < -0.3 is 5.32 Å². The Morgan fingerprint density at radius 2 is 1.60 bits per heavy atom. The van der Waals surface area contributed by atoms with Gasteiger partial charge >= 0.3 is 0 Å². The molecule has 0 aromatic heterocycles. The molecule has 4 rings (SSSR count). The number of sulfonamides is 1. The number of carbonyl (C=O) groups excluding carboxylic acids is 1. The maximum absolute atomic E-state index is 14.9. The molecule has 0 spiro atoms. The van der Waals surface area contributed by atoms with Crippen LogP contribution in [0.1, 0.15) is 17.5 Å². The zero-order valence-electron chi connectivity index (χ0n) is 16.2. The van der Waals surface area contributed by atoms with Gasteiger partial charge in [-0.05, 0) is 48.2 Å². The van der Waals surface area contributed by atoms with E-state index in [4.69, 9.17) is 0 Å². The van der Waals surface area contributed by atoms with E-state index in [1.165, 1.54) is 10.4 Å². The zero-order chi connectivity index (χ0) is 21.1. The molecule has 154 valence electrons. The fourth-order valence-electron chi connectivity index (χ4n) is 3.55. The molecular weight excluding hydrogens is 403 g/mol. The van der Waals surface area contributed by atoms with E-state index < -0.39 is 15.8 Å². The van der Waals surface area contributed by atoms with Crippen LogP contribution < -0.4 is 9.62 Å². The molecule has 1 aliphatic rings. The summed E-state index contributed by atoms with van der Waals surface area (Å²) in [4.78, 5) is 11.2. The quantitative estimate of drug-likeness (QED) is 0.647. The summed E-state index contributed by atoms with van der Waals surface area (Å²) in [6.07, 6.45) is 1.10. The monoisotopic (exact) mass is 424 g/mol. The maximum atomic E-state index is 14.9. The number of aryl methyl sites for hydroxylation is 1. The molecule has 3 aromatic rings. The average molecular weight is 424 g/mol. The molecule has 1 N–H and O–H groups in total. The molecule has 0 unspecified atom stereocenters. The number of nitrogens with zero attached hydrogens (tertiary/aromatic N) is 1. The largest absolute Gasteiger partial charge is 0.326 e. The minimum absolute atomic E-state index is 0.170. The first-order chi connectivity index (χ1) is 14.4. The first-order valence-electron chi connectivity index (χ1n) is 9.69. The van der Waals surface area contributed by atoms with Crippen LogP contribution in [-0.4, -0.2) is 20.9 Å². The second kappa shape index (κ2) is 8.28. The lowest BCUT2D eigenvalue weighted by molar-refractivity contribution is -0.116. The Hall–Kier alpha value is -3.19. The van der Waals surface area contributed by atoms with Crippen molar-refractivity contribution in [1.82, 2.24) is 0 Å². The highest BCUT2D eigenvalue weighted by atomic mass is 32.2. The molecule has 0 radical (unpaired) electrons. The highest BCUT2D eigenvalue weighted by molar-refractivity contribution is 7.92. The van der Waals surface area contributed by atoms with E-state index in [2.05, 4.69) is 5.32 Å². The number of benzene rings is 3. The van der Waals surface area contributed by atoms with E-state index in [1.54, 1.807) is 30.3 Å². The van der Waals surface area contributed by atoms with Crippen LogP contribution in [-0.2, 0) is 27.7 Å². The van der Waals surface area contributed by atoms with E-state index in [9.17, 15) is 17.6 Å². The van der Waals surface area contributed by atoms with Gasteiger partial charge in [0.1, 0.15) is 10.7 Å². The second-order valence-electron chi connectivity index (χ2n) is 7.14. The predicted octanol–water partition coefficient (Wildman–Crippen LogP) is 4.15. The number of rotatable bonds is 6. The van der Waals surface area contributed by atoms with Crippen LogP contribution in [0.3, 0.4) is 0 Å². The van der Waals surface area contributed by atoms with Gasteiger partial charge in [0, 0.05) is 18.7 Å². The molecule has 0 fully saturated rings. The maximum Gasteiger partial charge on any atom is 0.267 e. The summed E-state index contributed by atoms with van der Waals surface area (Å²) in [5.74, 6) is -1.08. The third-order valence-corrected chi connectivity index (χ3v) is 6.95. The minimum atomic E-state index is -4.16. The molecule has 7 heteroatoms. The van der Waals surface area contributed by atoms with E-state index >= 15 is 0 Å². The fourth-order valence-corrected chi connectivity index (χ4v) is 5.12. The van der Waals surface area contributed by atoms with Gasteiger partial charge in [0.2, 0.25) is 5.91 Å². The number of anilines is 2. The van der Waals surface area contributed by atoms with Crippen molar-refractivity contribution in [3.8, 4) is 0 Å². The number of hydrogen-bond donors (Lipinski definition) is 1. The Morgan fingerprint density at radius 3 is 2.30 bits per heavy atom. The SMILES string of the molecule is O=C1CCc2cc(S(=O)(=O)N(CCc3ccccc3)c3ccccc3)c(F)cc2N1. The summed E-state index contributed by atoms with van der Waals surface area (Å²) < 4.78 is 43.2. The first-order valence-corrected chi connectivity index (χ1v) is 11.1. The van der Waals surface area contributed by atoms with Crippen molar-refractivity contribution in [1.29, 1.82) is 0 Å². The van der Waals surface area contributed by atoms with Gasteiger partial charge in [0.25, 0.3) is 10.0 Å². The van der Waals surface area contributed by atoms with Crippen molar-refractivity contribution in [2.75, 3.05) is 16.2 Å². The van der Waals surface area contributed by atoms with Crippen molar-refractivity contribution in [3.63, 3.8) is 0 Å². The highest BCUT2D eigenvalue weighted by Gasteiger charge is 2.30. The van der Waals surface area contributed by atoms with Gasteiger partial charge in [-0.3, -0.25) is 9.10 Å². The summed E-state index contributed by atoms with van der Waals surface area (Å²) in [6, 6.07) is 20.7. The molecule has 0 bridgehead atoms. The summed E-state index contributed by atoms with van der Waals surface area (Å²) in [5.41, 5.74) is 2.41. The highest BCUT2D eigenvalue weighted by Crippen LogP contribution is 2.31. The lowest BCUT2D eigenvalue weighted by Gasteiger charge is -2.26. The van der Waals surface area contributed by atoms with Crippen molar-refractivity contribution in [2.24, 2.45) is 0 Å². The third-order valence-electron chi connectivity index (χ3n) is 5.11. The average Bonchev–Trinajstić information content (AvgIpc) is 2.74. The number of amides is 1. The second-order valence-corrected chi connectivity index (χ2v) is 8.97. The number of fused-ring (bicyclic) bond motifs is 1. The number of halogens is 1. The Morgan fingerprint density at radius 1 is 0.933 bits per heavy atom. The third kappa shape index (κ3) is 4.07. The predicted molar refractivity (Wildman–Crippen MR) is 114 cm³/mol. The number of carbonyl (C=O) groups is 1. The van der Waals surface area contributed by atoms with E-state index in [0.717, 1.165) is 11.6 Å². The summed E-state index contributed by atoms with van der Waals surface area (Å²) in [6.45, 7) is 0.170. The molecule has 1 aliphatic heterocycles. The molecule has 0 saturated carbocycles. The zero-order valence-corrected chi connectivity index (χ0v) is 17.0. The molecule has 1 amide bonds. The van der Waals surface area contributed by atoms with Crippen molar-refractivity contribution in [2.45, 2.75) is 24.2 Å². The molecule has 1 heterocycles. The van der Waals surface area contributed by atoms with Crippen molar-refractivity contribution in [3.05, 3.63) is 89.7 Å². The Bertz CT molecular complexity index is 1170. The molecule has 5 nitrogen and oxygen atoms in total. The Kier molecular flexibility index (Phi) is 5.55. The smallest absolute Gasteiger partial charge is 0.267 e. The molecular formula is C23H21FN2O3S. The van der Waals surface area contributed by atoms with Gasteiger partial charge in [0.15, 0.2) is 0 Å². The molecule has 0 atom stereocenters. The lowest BCUT2D eigenvalue weighted by atomic mass is 10.0. The lowest BCUT2D eigenvalue weighted by Crippen LogP contribution is -2.34. The first kappa shape index (κ1) is 20.1. The standard InChI is InChI=1S/C23H21FN2O3S/c24-20-16-21-18(11-12-23(27)25-21)15-22(20)30(28,29)26(19-9-5-2-6-10-19)14-13-17-7-3-1-4-8-17/h1-10,15-16H,11-14H2,(H,25,27). The van der Waals surface area contributed by atoms with Crippen LogP contribution in [0.2, 0.25) is 0 Å². The van der Waals surface area contributed by atoms with Crippen LogP contribution >= 0.6 is 0 Å². The number of nitrogens with one attached hydrogen (secondary N) is 1. The number of hydrogen-bond acceptors (Lipinski definition) is 3. The topological polar surface area (TPSA) is 66.5 Å². The molecule has 30 heavy (non-hydrogen) atoms. The van der Waals surface area contributed by atoms with Crippen LogP contribution in [0.5, 0.6) is 0 Å². The number of para-hydroxylation sites is 1. The van der Waals surface area contributed by atoms with Gasteiger partial charge in [-0.25, -0.2) is 12.8 Å². The molecule has 3 aromatic carbocycles. The summed E-state index contributed by atoms with van der Waals surface area (Å²) >= 11 is 0. The summed E-state index contributed by atoms with van der Waals surface area (Å²) in [7, 11) is -4.16. The van der Waals surface area contributed by atoms with E-state index in [-0.39, 0.29) is 23.8 Å². The summed E-state index contributed by atoms with van der Waals surface area (Å²) in [5, 5.41) is 2.60. The normalized spacial score (nSPS) is 13.4. The van der Waals surface area contributed by atoms with Gasteiger partial charge in [0.05, 0.1) is 5.69 Å². The Balaban J connectivity index is 1.73. The van der Waals surface area contributed by atoms with Crippen LogP contribution in [0.15, 0.2) is 77.7 Å².